The molecule has 2 N–H and O–H groups in total. The summed E-state index contributed by atoms with van der Waals surface area (Å²) in [4.78, 5) is 0. The highest BCUT2D eigenvalue weighted by molar-refractivity contribution is 7.80. The first-order valence-corrected chi connectivity index (χ1v) is 9.53. The molecule has 24 heavy (non-hydrogen) atoms. The smallest absolute Gasteiger partial charge is 0.231 e. The van der Waals surface area contributed by atoms with E-state index in [9.17, 15) is 0 Å². The summed E-state index contributed by atoms with van der Waals surface area (Å²) in [5.74, 6) is 4.52. The van der Waals surface area contributed by atoms with E-state index in [0.29, 0.717) is 17.3 Å². The fraction of sp³-hybridized carbons (Fsp3) is 0.632. The van der Waals surface area contributed by atoms with Crippen LogP contribution in [0.2, 0.25) is 0 Å². The van der Waals surface area contributed by atoms with Gasteiger partial charge in [-0.05, 0) is 86.0 Å². The maximum atomic E-state index is 5.52. The summed E-state index contributed by atoms with van der Waals surface area (Å²) in [6.45, 7) is 1.32. The average Bonchev–Trinajstić information content (AvgIpc) is 2.99. The van der Waals surface area contributed by atoms with E-state index in [1.54, 1.807) is 0 Å². The van der Waals surface area contributed by atoms with Gasteiger partial charge in [-0.25, -0.2) is 0 Å². The number of nitrogens with one attached hydrogen (secondary N) is 2. The fourth-order valence-electron chi connectivity index (χ4n) is 5.92. The van der Waals surface area contributed by atoms with Crippen molar-refractivity contribution in [1.29, 1.82) is 0 Å². The van der Waals surface area contributed by atoms with Crippen molar-refractivity contribution in [3.63, 3.8) is 0 Å². The zero-order valence-corrected chi connectivity index (χ0v) is 14.7. The molecular formula is C19H24N2O2S. The molecule has 0 amide bonds. The van der Waals surface area contributed by atoms with Crippen molar-refractivity contribution in [1.82, 2.24) is 5.32 Å². The maximum absolute atomic E-state index is 5.52. The van der Waals surface area contributed by atoms with Crippen molar-refractivity contribution in [3.8, 4) is 11.5 Å². The molecule has 0 aromatic heterocycles. The van der Waals surface area contributed by atoms with Crippen LogP contribution in [0.5, 0.6) is 11.5 Å². The SMILES string of the molecule is S=C(NCC12CC3CC(CC(C3)C1)C2)Nc1ccc2c(c1)OCO2. The Morgan fingerprint density at radius 3 is 2.42 bits per heavy atom. The number of anilines is 1. The molecule has 1 aromatic rings. The number of thiocarbonyl (C=S) groups is 1. The Hall–Kier alpha value is -1.49. The van der Waals surface area contributed by atoms with Crippen molar-refractivity contribution >= 4 is 23.0 Å². The minimum atomic E-state index is 0.299. The van der Waals surface area contributed by atoms with Crippen molar-refractivity contribution < 1.29 is 9.47 Å². The molecule has 0 radical (unpaired) electrons. The minimum Gasteiger partial charge on any atom is -0.454 e. The number of rotatable bonds is 3. The molecule has 4 nitrogen and oxygen atoms in total. The van der Waals surface area contributed by atoms with Crippen LogP contribution in [0.15, 0.2) is 18.2 Å². The monoisotopic (exact) mass is 344 g/mol. The van der Waals surface area contributed by atoms with Crippen LogP contribution in [0.4, 0.5) is 5.69 Å². The third-order valence-corrected chi connectivity index (χ3v) is 6.67. The number of hydrogen-bond donors (Lipinski definition) is 2. The molecule has 128 valence electrons. The molecule has 4 aliphatic carbocycles. The van der Waals surface area contributed by atoms with Crippen LogP contribution in [0.1, 0.15) is 38.5 Å². The molecule has 4 saturated carbocycles. The van der Waals surface area contributed by atoms with Gasteiger partial charge in [0.25, 0.3) is 0 Å². The summed E-state index contributed by atoms with van der Waals surface area (Å²) in [5.41, 5.74) is 1.44. The minimum absolute atomic E-state index is 0.299. The van der Waals surface area contributed by atoms with E-state index in [-0.39, 0.29) is 0 Å². The summed E-state index contributed by atoms with van der Waals surface area (Å²) in [6, 6.07) is 5.85. The van der Waals surface area contributed by atoms with Gasteiger partial charge in [-0.1, -0.05) is 0 Å². The van der Waals surface area contributed by atoms with Gasteiger partial charge in [-0.15, -0.1) is 0 Å². The van der Waals surface area contributed by atoms with Crippen LogP contribution in [0.3, 0.4) is 0 Å². The molecule has 4 fully saturated rings. The van der Waals surface area contributed by atoms with Crippen molar-refractivity contribution in [3.05, 3.63) is 18.2 Å². The Morgan fingerprint density at radius 1 is 1.04 bits per heavy atom. The Morgan fingerprint density at radius 2 is 1.71 bits per heavy atom. The van der Waals surface area contributed by atoms with Gasteiger partial charge in [-0.2, -0.15) is 0 Å². The van der Waals surface area contributed by atoms with E-state index < -0.39 is 0 Å². The highest BCUT2D eigenvalue weighted by Gasteiger charge is 2.50. The van der Waals surface area contributed by atoms with E-state index in [1.807, 2.05) is 18.2 Å². The Labute approximate surface area is 148 Å². The zero-order chi connectivity index (χ0) is 16.1. The Bertz CT molecular complexity index is 640. The summed E-state index contributed by atoms with van der Waals surface area (Å²) >= 11 is 5.52. The lowest BCUT2D eigenvalue weighted by Gasteiger charge is -2.57. The van der Waals surface area contributed by atoms with Gasteiger partial charge in [0.2, 0.25) is 6.79 Å². The molecule has 1 aliphatic heterocycles. The van der Waals surface area contributed by atoms with E-state index in [1.165, 1.54) is 38.5 Å². The van der Waals surface area contributed by atoms with Gasteiger partial charge in [0.1, 0.15) is 0 Å². The molecular weight excluding hydrogens is 320 g/mol. The normalized spacial score (nSPS) is 35.1. The Kier molecular flexibility index (Phi) is 3.40. The van der Waals surface area contributed by atoms with Gasteiger partial charge >= 0.3 is 0 Å². The molecule has 6 rings (SSSR count). The van der Waals surface area contributed by atoms with Gasteiger partial charge in [0.05, 0.1) is 0 Å². The van der Waals surface area contributed by atoms with Gasteiger partial charge in [0.15, 0.2) is 16.6 Å². The summed E-state index contributed by atoms with van der Waals surface area (Å²) in [5, 5.41) is 7.51. The van der Waals surface area contributed by atoms with Crippen molar-refractivity contribution in [2.45, 2.75) is 38.5 Å². The van der Waals surface area contributed by atoms with E-state index >= 15 is 0 Å². The topological polar surface area (TPSA) is 42.5 Å². The number of hydrogen-bond acceptors (Lipinski definition) is 3. The first-order valence-electron chi connectivity index (χ1n) is 9.12. The summed E-state index contributed by atoms with van der Waals surface area (Å²) in [6.07, 6.45) is 8.66. The molecule has 0 unspecified atom stereocenters. The molecule has 1 aromatic carbocycles. The number of benzene rings is 1. The highest BCUT2D eigenvalue weighted by Crippen LogP contribution is 2.59. The molecule has 0 atom stereocenters. The van der Waals surface area contributed by atoms with Crippen LogP contribution in [-0.2, 0) is 0 Å². The molecule has 1 heterocycles. The predicted molar refractivity (Wildman–Crippen MR) is 97.4 cm³/mol. The van der Waals surface area contributed by atoms with Gasteiger partial charge in [0, 0.05) is 18.3 Å². The lowest BCUT2D eigenvalue weighted by molar-refractivity contribution is -0.0490. The molecule has 4 bridgehead atoms. The number of ether oxygens (including phenoxy) is 2. The summed E-state index contributed by atoms with van der Waals surface area (Å²) in [7, 11) is 0. The van der Waals surface area contributed by atoms with Crippen molar-refractivity contribution in [2.24, 2.45) is 23.2 Å². The largest absolute Gasteiger partial charge is 0.454 e. The highest BCUT2D eigenvalue weighted by atomic mass is 32.1. The van der Waals surface area contributed by atoms with E-state index in [2.05, 4.69) is 10.6 Å². The van der Waals surface area contributed by atoms with Gasteiger partial charge < -0.3 is 20.1 Å². The molecule has 0 saturated heterocycles. The Balaban J connectivity index is 1.20. The third-order valence-electron chi connectivity index (χ3n) is 6.42. The zero-order valence-electron chi connectivity index (χ0n) is 13.8. The lowest BCUT2D eigenvalue weighted by Crippen LogP contribution is -2.51. The third kappa shape index (κ3) is 2.63. The molecule has 5 aliphatic rings. The number of fused-ring (bicyclic) bond motifs is 1. The predicted octanol–water partition coefficient (Wildman–Crippen LogP) is 3.92. The van der Waals surface area contributed by atoms with Crippen molar-refractivity contribution in [2.75, 3.05) is 18.7 Å². The molecule has 0 spiro atoms. The maximum Gasteiger partial charge on any atom is 0.231 e. The van der Waals surface area contributed by atoms with Crippen LogP contribution in [0, 0.1) is 23.2 Å². The summed E-state index contributed by atoms with van der Waals surface area (Å²) < 4.78 is 10.8. The van der Waals surface area contributed by atoms with Crippen LogP contribution in [-0.4, -0.2) is 18.5 Å². The second-order valence-corrected chi connectivity index (χ2v) is 8.70. The van der Waals surface area contributed by atoms with Crippen LogP contribution in [0.25, 0.3) is 0 Å². The second-order valence-electron chi connectivity index (χ2n) is 8.29. The fourth-order valence-corrected chi connectivity index (χ4v) is 6.11. The second kappa shape index (κ2) is 5.51. The van der Waals surface area contributed by atoms with Crippen LogP contribution >= 0.6 is 12.2 Å². The first kappa shape index (κ1) is 14.8. The molecule has 5 heteroatoms. The quantitative estimate of drug-likeness (QED) is 0.814. The van der Waals surface area contributed by atoms with Crippen LogP contribution < -0.4 is 20.1 Å². The van der Waals surface area contributed by atoms with E-state index in [0.717, 1.165) is 41.5 Å². The van der Waals surface area contributed by atoms with E-state index in [4.69, 9.17) is 21.7 Å². The first-order chi connectivity index (χ1) is 11.7. The average molecular weight is 344 g/mol. The lowest BCUT2D eigenvalue weighted by atomic mass is 9.49. The van der Waals surface area contributed by atoms with Gasteiger partial charge in [-0.3, -0.25) is 0 Å². The standard InChI is InChI=1S/C19H24N2O2S/c24-18(21-15-1-2-16-17(6-15)23-11-22-16)20-10-19-7-12-3-13(8-19)5-14(4-12)9-19/h1-2,6,12-14H,3-5,7-11H2,(H2,20,21,24).